The van der Waals surface area contributed by atoms with Crippen molar-refractivity contribution in [2.24, 2.45) is 0 Å². The number of aryl methyl sites for hydroxylation is 1. The predicted octanol–water partition coefficient (Wildman–Crippen LogP) is 3.51. The lowest BCUT2D eigenvalue weighted by atomic mass is 10.2. The van der Waals surface area contributed by atoms with Crippen molar-refractivity contribution < 1.29 is 19.1 Å². The molecule has 1 heterocycles. The Morgan fingerprint density at radius 2 is 1.91 bits per heavy atom. The van der Waals surface area contributed by atoms with Crippen LogP contribution < -0.4 is 20.1 Å². The zero-order valence-electron chi connectivity index (χ0n) is 19.0. The maximum Gasteiger partial charge on any atom is 0.262 e. The molecule has 0 radical (unpaired) electrons. The Morgan fingerprint density at radius 3 is 2.62 bits per heavy atom. The maximum absolute atomic E-state index is 12.2. The molecule has 0 spiro atoms. The minimum Gasteiger partial charge on any atom is -0.490 e. The van der Waals surface area contributed by atoms with Gasteiger partial charge in [-0.1, -0.05) is 23.8 Å². The molecule has 0 unspecified atom stereocenters. The minimum absolute atomic E-state index is 0.0965. The van der Waals surface area contributed by atoms with E-state index in [1.807, 2.05) is 61.2 Å². The number of amides is 2. The van der Waals surface area contributed by atoms with Gasteiger partial charge in [-0.2, -0.15) is 0 Å². The van der Waals surface area contributed by atoms with Crippen LogP contribution in [-0.2, 0) is 16.1 Å². The van der Waals surface area contributed by atoms with Crippen LogP contribution in [0.5, 0.6) is 11.5 Å². The Hall–Kier alpha value is -3.06. The van der Waals surface area contributed by atoms with E-state index >= 15 is 0 Å². The van der Waals surface area contributed by atoms with Gasteiger partial charge in [0, 0.05) is 31.7 Å². The van der Waals surface area contributed by atoms with Crippen molar-refractivity contribution in [3.63, 3.8) is 0 Å². The first-order valence-electron chi connectivity index (χ1n) is 11.3. The van der Waals surface area contributed by atoms with Crippen LogP contribution in [0.3, 0.4) is 0 Å². The molecule has 172 valence electrons. The number of carbonyl (C=O) groups excluding carboxylic acids is 2. The van der Waals surface area contributed by atoms with E-state index in [2.05, 4.69) is 10.6 Å². The number of carbonyl (C=O) groups is 2. The summed E-state index contributed by atoms with van der Waals surface area (Å²) in [5.41, 5.74) is 2.95. The molecule has 0 aliphatic carbocycles. The fourth-order valence-electron chi connectivity index (χ4n) is 3.60. The average molecular weight is 440 g/mol. The molecular weight excluding hydrogens is 406 g/mol. The Bertz CT molecular complexity index is 899. The van der Waals surface area contributed by atoms with Gasteiger partial charge in [-0.05, 0) is 63.1 Å². The van der Waals surface area contributed by atoms with Gasteiger partial charge in [-0.15, -0.1) is 0 Å². The van der Waals surface area contributed by atoms with Crippen LogP contribution in [0.4, 0.5) is 5.69 Å². The molecule has 1 fully saturated rings. The van der Waals surface area contributed by atoms with Crippen molar-refractivity contribution in [1.29, 1.82) is 0 Å². The van der Waals surface area contributed by atoms with Crippen LogP contribution in [0, 0.1) is 6.92 Å². The van der Waals surface area contributed by atoms with E-state index in [0.29, 0.717) is 31.1 Å². The number of rotatable bonds is 12. The second kappa shape index (κ2) is 12.1. The molecule has 0 bridgehead atoms. The number of hydrogen-bond acceptors (Lipinski definition) is 5. The highest BCUT2D eigenvalue weighted by molar-refractivity contribution is 5.91. The highest BCUT2D eigenvalue weighted by Crippen LogP contribution is 2.28. The summed E-state index contributed by atoms with van der Waals surface area (Å²) in [7, 11) is 0. The molecule has 2 amide bonds. The summed E-state index contributed by atoms with van der Waals surface area (Å²) in [5.74, 6) is 1.22. The van der Waals surface area contributed by atoms with E-state index < -0.39 is 0 Å². The molecule has 2 aromatic carbocycles. The molecule has 1 aliphatic rings. The van der Waals surface area contributed by atoms with Crippen LogP contribution in [0.1, 0.15) is 37.3 Å². The van der Waals surface area contributed by atoms with Gasteiger partial charge in [0.15, 0.2) is 18.1 Å². The number of likely N-dealkylation sites (tertiary alicyclic amines) is 1. The van der Waals surface area contributed by atoms with E-state index in [1.54, 1.807) is 0 Å². The number of nitrogens with one attached hydrogen (secondary N) is 2. The van der Waals surface area contributed by atoms with Crippen molar-refractivity contribution >= 4 is 17.5 Å². The van der Waals surface area contributed by atoms with Gasteiger partial charge < -0.3 is 25.0 Å². The third-order valence-corrected chi connectivity index (χ3v) is 5.28. The molecule has 7 heteroatoms. The molecule has 3 rings (SSSR count). The number of anilines is 1. The molecule has 0 atom stereocenters. The Labute approximate surface area is 190 Å². The van der Waals surface area contributed by atoms with Crippen molar-refractivity contribution in [2.75, 3.05) is 38.2 Å². The smallest absolute Gasteiger partial charge is 0.262 e. The van der Waals surface area contributed by atoms with Gasteiger partial charge in [-0.25, -0.2) is 0 Å². The van der Waals surface area contributed by atoms with Crippen LogP contribution >= 0.6 is 0 Å². The normalized spacial score (nSPS) is 13.3. The molecule has 2 aromatic rings. The van der Waals surface area contributed by atoms with Crippen molar-refractivity contribution in [1.82, 2.24) is 10.2 Å². The van der Waals surface area contributed by atoms with Gasteiger partial charge in [0.05, 0.1) is 6.61 Å². The van der Waals surface area contributed by atoms with Gasteiger partial charge in [0.2, 0.25) is 5.91 Å². The van der Waals surface area contributed by atoms with E-state index in [0.717, 1.165) is 49.3 Å². The lowest BCUT2D eigenvalue weighted by Crippen LogP contribution is -2.28. The summed E-state index contributed by atoms with van der Waals surface area (Å²) in [4.78, 5) is 25.8. The van der Waals surface area contributed by atoms with Crippen molar-refractivity contribution in [2.45, 2.75) is 39.7 Å². The van der Waals surface area contributed by atoms with Crippen molar-refractivity contribution in [3.05, 3.63) is 53.6 Å². The number of ether oxygens (including phenoxy) is 2. The number of benzene rings is 2. The lowest BCUT2D eigenvalue weighted by molar-refractivity contribution is -0.127. The van der Waals surface area contributed by atoms with Gasteiger partial charge in [0.1, 0.15) is 0 Å². The quantitative estimate of drug-likeness (QED) is 0.495. The second-order valence-corrected chi connectivity index (χ2v) is 7.93. The highest BCUT2D eigenvalue weighted by Gasteiger charge is 2.18. The van der Waals surface area contributed by atoms with E-state index in [-0.39, 0.29) is 18.4 Å². The standard InChI is InChI=1S/C25H33N3O4/c1-3-31-23-16-20(17-26-13-5-15-28-14-4-6-25(28)30)9-12-22(23)32-18-24(29)27-21-10-7-19(2)8-11-21/h7-12,16,26H,3-6,13-15,17-18H2,1-2H3,(H,27,29). The first-order chi connectivity index (χ1) is 15.5. The van der Waals surface area contributed by atoms with Gasteiger partial charge in [-0.3, -0.25) is 9.59 Å². The topological polar surface area (TPSA) is 79.9 Å². The zero-order valence-corrected chi connectivity index (χ0v) is 19.0. The van der Waals surface area contributed by atoms with Crippen LogP contribution in [-0.4, -0.2) is 49.6 Å². The van der Waals surface area contributed by atoms with Gasteiger partial charge in [0.25, 0.3) is 5.91 Å². The number of nitrogens with zero attached hydrogens (tertiary/aromatic N) is 1. The molecular formula is C25H33N3O4. The van der Waals surface area contributed by atoms with E-state index in [1.165, 1.54) is 0 Å². The summed E-state index contributed by atoms with van der Waals surface area (Å²) < 4.78 is 11.4. The monoisotopic (exact) mass is 439 g/mol. The average Bonchev–Trinajstić information content (AvgIpc) is 3.19. The third-order valence-electron chi connectivity index (χ3n) is 5.28. The molecule has 0 saturated carbocycles. The van der Waals surface area contributed by atoms with Crippen LogP contribution in [0.2, 0.25) is 0 Å². The molecule has 1 saturated heterocycles. The number of hydrogen-bond donors (Lipinski definition) is 2. The fourth-order valence-corrected chi connectivity index (χ4v) is 3.60. The minimum atomic E-state index is -0.224. The molecule has 0 aromatic heterocycles. The maximum atomic E-state index is 12.2. The SMILES string of the molecule is CCOc1cc(CNCCCN2CCCC2=O)ccc1OCC(=O)Nc1ccc(C)cc1. The molecule has 7 nitrogen and oxygen atoms in total. The first-order valence-corrected chi connectivity index (χ1v) is 11.3. The molecule has 32 heavy (non-hydrogen) atoms. The van der Waals surface area contributed by atoms with Gasteiger partial charge >= 0.3 is 0 Å². The Kier molecular flexibility index (Phi) is 8.92. The zero-order chi connectivity index (χ0) is 22.8. The third kappa shape index (κ3) is 7.27. The van der Waals surface area contributed by atoms with Crippen LogP contribution in [0.15, 0.2) is 42.5 Å². The predicted molar refractivity (Wildman–Crippen MR) is 125 cm³/mol. The van der Waals surface area contributed by atoms with Crippen LogP contribution in [0.25, 0.3) is 0 Å². The first kappa shape index (κ1) is 23.6. The summed E-state index contributed by atoms with van der Waals surface area (Å²) in [6, 6.07) is 13.4. The summed E-state index contributed by atoms with van der Waals surface area (Å²) in [5, 5.41) is 6.24. The molecule has 1 aliphatic heterocycles. The lowest BCUT2D eigenvalue weighted by Gasteiger charge is -2.16. The second-order valence-electron chi connectivity index (χ2n) is 7.93. The van der Waals surface area contributed by atoms with Crippen molar-refractivity contribution in [3.8, 4) is 11.5 Å². The van der Waals surface area contributed by atoms with E-state index in [9.17, 15) is 9.59 Å². The molecule has 2 N–H and O–H groups in total. The fraction of sp³-hybridized carbons (Fsp3) is 0.440. The Morgan fingerprint density at radius 1 is 1.09 bits per heavy atom. The largest absolute Gasteiger partial charge is 0.490 e. The summed E-state index contributed by atoms with van der Waals surface area (Å²) >= 11 is 0. The highest BCUT2D eigenvalue weighted by atomic mass is 16.5. The summed E-state index contributed by atoms with van der Waals surface area (Å²) in [6.07, 6.45) is 2.60. The van der Waals surface area contributed by atoms with E-state index in [4.69, 9.17) is 9.47 Å². The summed E-state index contributed by atoms with van der Waals surface area (Å²) in [6.45, 7) is 7.56. The Balaban J connectivity index is 1.45.